The van der Waals surface area contributed by atoms with E-state index >= 15 is 0 Å². The number of aliphatic hydroxyl groups is 2. The molecule has 1 aromatic rings. The van der Waals surface area contributed by atoms with Gasteiger partial charge in [-0.3, -0.25) is 0 Å². The Hall–Kier alpha value is -0.220. The molecule has 0 aliphatic rings. The number of aliphatic hydroxyl groups excluding tert-OH is 2. The van der Waals surface area contributed by atoms with E-state index in [9.17, 15) is 10.2 Å². The maximum Gasteiger partial charge on any atom is 0.105 e. The van der Waals surface area contributed by atoms with Crippen LogP contribution in [0.15, 0.2) is 24.3 Å². The lowest BCUT2D eigenvalue weighted by Gasteiger charge is -2.17. The van der Waals surface area contributed by atoms with Gasteiger partial charge in [0.15, 0.2) is 0 Å². The van der Waals surface area contributed by atoms with Crippen LogP contribution in [0.1, 0.15) is 23.7 Å². The molecule has 0 aromatic heterocycles. The molecule has 0 saturated carbocycles. The van der Waals surface area contributed by atoms with E-state index in [1.165, 1.54) is 0 Å². The first kappa shape index (κ1) is 12.8. The third-order valence-electron chi connectivity index (χ3n) is 2.24. The average molecular weight is 247 g/mol. The van der Waals surface area contributed by atoms with Gasteiger partial charge in [-0.1, -0.05) is 24.3 Å². The zero-order valence-corrected chi connectivity index (χ0v) is 9.96. The van der Waals surface area contributed by atoms with E-state index in [2.05, 4.69) is 12.6 Å². The summed E-state index contributed by atoms with van der Waals surface area (Å²) in [6, 6.07) is 7.29. The highest BCUT2D eigenvalue weighted by Gasteiger charge is 2.17. The fourth-order valence-electron chi connectivity index (χ4n) is 1.37. The minimum absolute atomic E-state index is 0.406. The number of benzene rings is 1. The van der Waals surface area contributed by atoms with Crippen molar-refractivity contribution >= 4 is 24.2 Å². The minimum atomic E-state index is -0.861. The van der Waals surface area contributed by atoms with Crippen LogP contribution >= 0.6 is 24.2 Å². The maximum absolute atomic E-state index is 9.81. The number of halogens is 1. The monoisotopic (exact) mass is 246 g/mol. The lowest BCUT2D eigenvalue weighted by atomic mass is 10.0. The van der Waals surface area contributed by atoms with E-state index in [0.29, 0.717) is 23.6 Å². The van der Waals surface area contributed by atoms with Crippen molar-refractivity contribution in [3.05, 3.63) is 35.4 Å². The molecule has 0 radical (unpaired) electrons. The number of hydrogen-bond acceptors (Lipinski definition) is 3. The van der Waals surface area contributed by atoms with Crippen LogP contribution in [-0.2, 0) is 5.88 Å². The van der Waals surface area contributed by atoms with Gasteiger partial charge >= 0.3 is 0 Å². The molecule has 2 nitrogen and oxygen atoms in total. The summed E-state index contributed by atoms with van der Waals surface area (Å²) in [5.74, 6) is 0.955. The second kappa shape index (κ2) is 6.38. The summed E-state index contributed by atoms with van der Waals surface area (Å²) in [4.78, 5) is 0. The number of thiol groups is 1. The Kier molecular flexibility index (Phi) is 5.47. The molecular weight excluding hydrogens is 232 g/mol. The topological polar surface area (TPSA) is 40.5 Å². The van der Waals surface area contributed by atoms with E-state index < -0.39 is 12.2 Å². The van der Waals surface area contributed by atoms with E-state index in [0.717, 1.165) is 5.56 Å². The number of hydrogen-bond donors (Lipinski definition) is 3. The summed E-state index contributed by atoms with van der Waals surface area (Å²) >= 11 is 9.70. The van der Waals surface area contributed by atoms with Crippen molar-refractivity contribution in [2.24, 2.45) is 0 Å². The van der Waals surface area contributed by atoms with Gasteiger partial charge in [-0.25, -0.2) is 0 Å². The lowest BCUT2D eigenvalue weighted by molar-refractivity contribution is 0.0172. The summed E-state index contributed by atoms with van der Waals surface area (Å²) in [5.41, 5.74) is 1.63. The molecule has 0 aliphatic carbocycles. The molecular formula is C11H15ClO2S. The summed E-state index contributed by atoms with van der Waals surface area (Å²) in [5, 5.41) is 19.4. The second-order valence-corrected chi connectivity index (χ2v) is 4.12. The van der Waals surface area contributed by atoms with E-state index in [4.69, 9.17) is 11.6 Å². The Bertz CT molecular complexity index is 306. The van der Waals surface area contributed by atoms with Crippen LogP contribution in [0.3, 0.4) is 0 Å². The van der Waals surface area contributed by atoms with Crippen LogP contribution in [0, 0.1) is 0 Å². The molecule has 0 heterocycles. The molecule has 2 N–H and O–H groups in total. The van der Waals surface area contributed by atoms with Gasteiger partial charge in [0.1, 0.15) is 6.10 Å². The molecule has 2 unspecified atom stereocenters. The SMILES string of the molecule is OC(CCS)C(O)c1cccc(CCl)c1. The van der Waals surface area contributed by atoms with Crippen LogP contribution in [0.2, 0.25) is 0 Å². The third kappa shape index (κ3) is 3.68. The third-order valence-corrected chi connectivity index (χ3v) is 2.80. The Balaban J connectivity index is 2.76. The Morgan fingerprint density at radius 2 is 2.07 bits per heavy atom. The highest BCUT2D eigenvalue weighted by molar-refractivity contribution is 7.80. The predicted molar refractivity (Wildman–Crippen MR) is 65.4 cm³/mol. The number of alkyl halides is 1. The van der Waals surface area contributed by atoms with Gasteiger partial charge in [-0.05, 0) is 23.3 Å². The first-order chi connectivity index (χ1) is 7.19. The molecule has 2 atom stereocenters. The molecule has 4 heteroatoms. The number of rotatable bonds is 5. The van der Waals surface area contributed by atoms with Crippen molar-refractivity contribution in [1.82, 2.24) is 0 Å². The van der Waals surface area contributed by atoms with Gasteiger partial charge in [0.25, 0.3) is 0 Å². The molecule has 84 valence electrons. The molecule has 0 fully saturated rings. The van der Waals surface area contributed by atoms with Crippen LogP contribution in [-0.4, -0.2) is 22.1 Å². The zero-order valence-electron chi connectivity index (χ0n) is 8.31. The van der Waals surface area contributed by atoms with Crippen molar-refractivity contribution in [3.63, 3.8) is 0 Å². The molecule has 0 amide bonds. The first-order valence-corrected chi connectivity index (χ1v) is 5.97. The van der Waals surface area contributed by atoms with Crippen LogP contribution < -0.4 is 0 Å². The quantitative estimate of drug-likeness (QED) is 0.550. The fraction of sp³-hybridized carbons (Fsp3) is 0.455. The summed E-state index contributed by atoms with van der Waals surface area (Å²) in [6.45, 7) is 0. The van der Waals surface area contributed by atoms with Gasteiger partial charge < -0.3 is 10.2 Å². The Labute approximate surface area is 100 Å². The molecule has 0 saturated heterocycles. The van der Waals surface area contributed by atoms with Gasteiger partial charge in [0.05, 0.1) is 6.10 Å². The molecule has 1 rings (SSSR count). The molecule has 15 heavy (non-hydrogen) atoms. The van der Waals surface area contributed by atoms with E-state index in [1.54, 1.807) is 12.1 Å². The predicted octanol–water partition coefficient (Wildman–Crippen LogP) is 2.14. The summed E-state index contributed by atoms with van der Waals surface area (Å²) in [6.07, 6.45) is -1.16. The smallest absolute Gasteiger partial charge is 0.105 e. The van der Waals surface area contributed by atoms with Crippen molar-refractivity contribution in [2.45, 2.75) is 24.5 Å². The van der Waals surface area contributed by atoms with Crippen molar-refractivity contribution in [3.8, 4) is 0 Å². The van der Waals surface area contributed by atoms with Gasteiger partial charge in [0, 0.05) is 5.88 Å². The molecule has 1 aromatic carbocycles. The molecule has 0 bridgehead atoms. The fourth-order valence-corrected chi connectivity index (χ4v) is 1.80. The van der Waals surface area contributed by atoms with Crippen molar-refractivity contribution in [2.75, 3.05) is 5.75 Å². The van der Waals surface area contributed by atoms with Crippen LogP contribution in [0.5, 0.6) is 0 Å². The highest BCUT2D eigenvalue weighted by Crippen LogP contribution is 2.20. The summed E-state index contributed by atoms with van der Waals surface area (Å²) < 4.78 is 0. The van der Waals surface area contributed by atoms with E-state index in [-0.39, 0.29) is 0 Å². The zero-order chi connectivity index (χ0) is 11.3. The molecule has 0 aliphatic heterocycles. The normalized spacial score (nSPS) is 14.9. The van der Waals surface area contributed by atoms with Crippen LogP contribution in [0.4, 0.5) is 0 Å². The second-order valence-electron chi connectivity index (χ2n) is 3.40. The van der Waals surface area contributed by atoms with Gasteiger partial charge in [-0.15, -0.1) is 11.6 Å². The standard InChI is InChI=1S/C11H15ClO2S/c12-7-8-2-1-3-9(6-8)11(14)10(13)4-5-15/h1-3,6,10-11,13-15H,4-5,7H2. The van der Waals surface area contributed by atoms with Crippen LogP contribution in [0.25, 0.3) is 0 Å². The average Bonchev–Trinajstić information content (AvgIpc) is 2.28. The largest absolute Gasteiger partial charge is 0.390 e. The minimum Gasteiger partial charge on any atom is -0.390 e. The van der Waals surface area contributed by atoms with Crippen molar-refractivity contribution < 1.29 is 10.2 Å². The van der Waals surface area contributed by atoms with E-state index in [1.807, 2.05) is 12.1 Å². The van der Waals surface area contributed by atoms with Gasteiger partial charge in [-0.2, -0.15) is 12.6 Å². The Morgan fingerprint density at radius 3 is 2.67 bits per heavy atom. The first-order valence-electron chi connectivity index (χ1n) is 4.81. The highest BCUT2D eigenvalue weighted by atomic mass is 35.5. The maximum atomic E-state index is 9.81. The lowest BCUT2D eigenvalue weighted by Crippen LogP contribution is -2.18. The Morgan fingerprint density at radius 1 is 1.33 bits per heavy atom. The summed E-state index contributed by atoms with van der Waals surface area (Å²) in [7, 11) is 0. The van der Waals surface area contributed by atoms with Crippen molar-refractivity contribution in [1.29, 1.82) is 0 Å². The van der Waals surface area contributed by atoms with Gasteiger partial charge in [0.2, 0.25) is 0 Å². The molecule has 0 spiro atoms.